The number of imide groups is 1. The molecule has 1 aromatic carbocycles. The Hall–Kier alpha value is -1.36. The van der Waals surface area contributed by atoms with E-state index >= 15 is 0 Å². The van der Waals surface area contributed by atoms with Gasteiger partial charge in [0.05, 0.1) is 11.5 Å². The van der Waals surface area contributed by atoms with Crippen molar-refractivity contribution in [2.24, 2.45) is 11.3 Å². The maximum atomic E-state index is 12.9. The Bertz CT molecular complexity index is 592. The number of hydrogen-bond acceptors (Lipinski definition) is 3. The molecule has 2 amide bonds. The van der Waals surface area contributed by atoms with E-state index in [1.807, 2.05) is 44.2 Å². The minimum absolute atomic E-state index is 0.0232. The van der Waals surface area contributed by atoms with E-state index in [0.29, 0.717) is 5.33 Å². The lowest BCUT2D eigenvalue weighted by Crippen LogP contribution is -2.41. The molecule has 2 atom stereocenters. The van der Waals surface area contributed by atoms with Gasteiger partial charge in [-0.3, -0.25) is 4.79 Å². The molecule has 0 radical (unpaired) electrons. The van der Waals surface area contributed by atoms with Gasteiger partial charge in [0.2, 0.25) is 5.91 Å². The molecule has 1 fully saturated rings. The third-order valence-corrected chi connectivity index (χ3v) is 4.95. The number of rotatable bonds is 2. The lowest BCUT2D eigenvalue weighted by atomic mass is 9.78. The summed E-state index contributed by atoms with van der Waals surface area (Å²) >= 11 is 3.52. The number of alkyl halides is 1. The highest BCUT2D eigenvalue weighted by Gasteiger charge is 2.56. The lowest BCUT2D eigenvalue weighted by Gasteiger charge is -2.29. The summed E-state index contributed by atoms with van der Waals surface area (Å²) in [4.78, 5) is 26.9. The van der Waals surface area contributed by atoms with E-state index in [2.05, 4.69) is 15.9 Å². The van der Waals surface area contributed by atoms with Gasteiger partial charge in [-0.05, 0) is 26.3 Å². The minimum atomic E-state index is -0.644. The van der Waals surface area contributed by atoms with Gasteiger partial charge in [0.1, 0.15) is 5.60 Å². The van der Waals surface area contributed by atoms with Crippen LogP contribution in [0.15, 0.2) is 30.3 Å². The monoisotopic (exact) mass is 381 g/mol. The van der Waals surface area contributed by atoms with E-state index in [4.69, 9.17) is 4.74 Å². The second kappa shape index (κ2) is 6.27. The molecule has 0 aliphatic carbocycles. The van der Waals surface area contributed by atoms with Crippen LogP contribution in [0.25, 0.3) is 0 Å². The topological polar surface area (TPSA) is 46.6 Å². The summed E-state index contributed by atoms with van der Waals surface area (Å²) in [5.41, 5.74) is -0.336. The van der Waals surface area contributed by atoms with Crippen molar-refractivity contribution in [1.82, 2.24) is 4.90 Å². The molecule has 23 heavy (non-hydrogen) atoms. The zero-order chi connectivity index (χ0) is 17.4. The highest BCUT2D eigenvalue weighted by atomic mass is 79.9. The predicted octanol–water partition coefficient (Wildman–Crippen LogP) is 4.54. The molecule has 126 valence electrons. The Balaban J connectivity index is 2.48. The summed E-state index contributed by atoms with van der Waals surface area (Å²) in [5.74, 6) is -0.213. The minimum Gasteiger partial charge on any atom is -0.443 e. The van der Waals surface area contributed by atoms with Gasteiger partial charge in [-0.25, -0.2) is 9.69 Å². The molecule has 1 aromatic rings. The van der Waals surface area contributed by atoms with Crippen LogP contribution in [0.1, 0.15) is 46.2 Å². The van der Waals surface area contributed by atoms with Gasteiger partial charge < -0.3 is 4.74 Å². The van der Waals surface area contributed by atoms with Gasteiger partial charge >= 0.3 is 6.09 Å². The Morgan fingerprint density at radius 2 is 1.83 bits per heavy atom. The molecule has 0 unspecified atom stereocenters. The second-order valence-corrected chi connectivity index (χ2v) is 8.14. The first-order valence-electron chi connectivity index (χ1n) is 7.77. The van der Waals surface area contributed by atoms with E-state index in [1.165, 1.54) is 4.90 Å². The molecule has 1 aliphatic rings. The van der Waals surface area contributed by atoms with Crippen molar-refractivity contribution in [2.45, 2.75) is 46.3 Å². The van der Waals surface area contributed by atoms with E-state index in [9.17, 15) is 9.59 Å². The Labute approximate surface area is 146 Å². The average Bonchev–Trinajstić information content (AvgIpc) is 2.65. The van der Waals surface area contributed by atoms with Gasteiger partial charge in [-0.2, -0.15) is 0 Å². The molecule has 0 N–H and O–H groups in total. The van der Waals surface area contributed by atoms with Crippen molar-refractivity contribution >= 4 is 27.9 Å². The standard InChI is InChI=1S/C18H24BrNO3/c1-17(2,3)23-16(22)20-14(12-9-7-6-8-10-12)13(11-19)18(4,5)15(20)21/h6-10,13-14H,11H2,1-5H3/t13-,14-/m0/s1. The van der Waals surface area contributed by atoms with E-state index in [1.54, 1.807) is 20.8 Å². The molecule has 0 aromatic heterocycles. The van der Waals surface area contributed by atoms with Crippen molar-refractivity contribution in [1.29, 1.82) is 0 Å². The first-order valence-corrected chi connectivity index (χ1v) is 8.89. The van der Waals surface area contributed by atoms with Crippen LogP contribution in [0.4, 0.5) is 4.79 Å². The molecule has 4 nitrogen and oxygen atoms in total. The fourth-order valence-corrected chi connectivity index (χ4v) is 4.15. The van der Waals surface area contributed by atoms with Crippen LogP contribution in [0.3, 0.4) is 0 Å². The van der Waals surface area contributed by atoms with Gasteiger partial charge in [0.25, 0.3) is 0 Å². The van der Waals surface area contributed by atoms with E-state index < -0.39 is 17.1 Å². The normalized spacial score (nSPS) is 23.9. The number of likely N-dealkylation sites (tertiary alicyclic amines) is 1. The largest absolute Gasteiger partial charge is 0.443 e. The summed E-state index contributed by atoms with van der Waals surface area (Å²) in [5, 5.41) is 0.630. The van der Waals surface area contributed by atoms with Crippen LogP contribution in [-0.4, -0.2) is 27.8 Å². The van der Waals surface area contributed by atoms with Crippen LogP contribution < -0.4 is 0 Å². The first-order chi connectivity index (χ1) is 10.6. The smallest absolute Gasteiger partial charge is 0.417 e. The van der Waals surface area contributed by atoms with Gasteiger partial charge in [0, 0.05) is 11.2 Å². The first kappa shape index (κ1) is 18.0. The number of halogens is 1. The maximum absolute atomic E-state index is 12.9. The molecule has 1 saturated heterocycles. The SMILES string of the molecule is CC(C)(C)OC(=O)N1C(=O)C(C)(C)[C@@H](CBr)[C@@H]1c1ccccc1. The molecule has 2 rings (SSSR count). The summed E-state index contributed by atoms with van der Waals surface area (Å²) in [7, 11) is 0. The number of carbonyl (C=O) groups is 2. The molecule has 5 heteroatoms. The van der Waals surface area contributed by atoms with Crippen molar-refractivity contribution in [3.63, 3.8) is 0 Å². The Morgan fingerprint density at radius 1 is 1.26 bits per heavy atom. The summed E-state index contributed by atoms with van der Waals surface area (Å²) in [6.45, 7) is 9.19. The zero-order valence-electron chi connectivity index (χ0n) is 14.3. The molecular formula is C18H24BrNO3. The molecule has 1 aliphatic heterocycles. The second-order valence-electron chi connectivity index (χ2n) is 7.49. The van der Waals surface area contributed by atoms with Crippen molar-refractivity contribution < 1.29 is 14.3 Å². The van der Waals surface area contributed by atoms with E-state index in [-0.39, 0.29) is 17.9 Å². The molecular weight excluding hydrogens is 358 g/mol. The highest BCUT2D eigenvalue weighted by Crippen LogP contribution is 2.50. The van der Waals surface area contributed by atoms with Crippen LogP contribution in [0.5, 0.6) is 0 Å². The zero-order valence-corrected chi connectivity index (χ0v) is 15.9. The summed E-state index contributed by atoms with van der Waals surface area (Å²) < 4.78 is 5.48. The van der Waals surface area contributed by atoms with Crippen molar-refractivity contribution in [3.8, 4) is 0 Å². The molecule has 0 bridgehead atoms. The molecule has 0 saturated carbocycles. The number of carbonyl (C=O) groups excluding carboxylic acids is 2. The molecule has 0 spiro atoms. The maximum Gasteiger partial charge on any atom is 0.417 e. The highest BCUT2D eigenvalue weighted by molar-refractivity contribution is 9.09. The van der Waals surface area contributed by atoms with Gasteiger partial charge in [-0.1, -0.05) is 60.1 Å². The quantitative estimate of drug-likeness (QED) is 0.706. The van der Waals surface area contributed by atoms with Crippen molar-refractivity contribution in [3.05, 3.63) is 35.9 Å². The summed E-state index contributed by atoms with van der Waals surface area (Å²) in [6, 6.07) is 9.34. The fraction of sp³-hybridized carbons (Fsp3) is 0.556. The number of hydrogen-bond donors (Lipinski definition) is 0. The molecule has 1 heterocycles. The third kappa shape index (κ3) is 3.44. The van der Waals surface area contributed by atoms with Crippen LogP contribution in [0.2, 0.25) is 0 Å². The lowest BCUT2D eigenvalue weighted by molar-refractivity contribution is -0.134. The van der Waals surface area contributed by atoms with Crippen LogP contribution in [-0.2, 0) is 9.53 Å². The Morgan fingerprint density at radius 3 is 2.30 bits per heavy atom. The predicted molar refractivity (Wildman–Crippen MR) is 93.3 cm³/mol. The van der Waals surface area contributed by atoms with Gasteiger partial charge in [0.15, 0.2) is 0 Å². The number of ether oxygens (including phenoxy) is 1. The number of nitrogens with zero attached hydrogens (tertiary/aromatic N) is 1. The van der Waals surface area contributed by atoms with E-state index in [0.717, 1.165) is 5.56 Å². The number of amides is 2. The average molecular weight is 382 g/mol. The van der Waals surface area contributed by atoms with Gasteiger partial charge in [-0.15, -0.1) is 0 Å². The fourth-order valence-electron chi connectivity index (χ4n) is 2.99. The third-order valence-electron chi connectivity index (χ3n) is 4.25. The van der Waals surface area contributed by atoms with Crippen LogP contribution in [0, 0.1) is 11.3 Å². The number of benzene rings is 1. The van der Waals surface area contributed by atoms with Crippen LogP contribution >= 0.6 is 15.9 Å². The van der Waals surface area contributed by atoms with Crippen molar-refractivity contribution in [2.75, 3.05) is 5.33 Å². The Kier molecular flexibility index (Phi) is 4.90. The summed E-state index contributed by atoms with van der Waals surface area (Å²) in [6.07, 6.45) is -0.576.